The smallest absolute Gasteiger partial charge is 0.319 e. The van der Waals surface area contributed by atoms with Crippen molar-refractivity contribution >= 4 is 34.5 Å². The standard InChI is InChI=1S/C23H36INO5/c1-14(24)18(26)30-23-9-15-6-16(10-23)8-22(7-15,13-23)19(27)29-17-11-20(2,3)25(28)21(4,5)12-17/h14-17,28H,6-13H2,1-5H3. The lowest BCUT2D eigenvalue weighted by molar-refractivity contribution is -0.263. The minimum atomic E-state index is -0.524. The molecular formula is C23H36INO5. The Morgan fingerprint density at radius 2 is 1.53 bits per heavy atom. The van der Waals surface area contributed by atoms with Crippen molar-refractivity contribution < 1.29 is 24.3 Å². The molecule has 0 aromatic rings. The quantitative estimate of drug-likeness (QED) is 0.322. The maximum atomic E-state index is 13.6. The molecule has 7 heteroatoms. The van der Waals surface area contributed by atoms with Crippen LogP contribution in [0.1, 0.15) is 86.0 Å². The molecule has 5 aliphatic rings. The van der Waals surface area contributed by atoms with Crippen molar-refractivity contribution in [3.63, 3.8) is 0 Å². The monoisotopic (exact) mass is 533 g/mol. The van der Waals surface area contributed by atoms with E-state index in [0.29, 0.717) is 31.1 Å². The highest BCUT2D eigenvalue weighted by Gasteiger charge is 2.63. The van der Waals surface area contributed by atoms with Gasteiger partial charge in [0.1, 0.15) is 15.6 Å². The first-order valence-corrected chi connectivity index (χ1v) is 12.6. The third-order valence-electron chi connectivity index (χ3n) is 7.96. The molecule has 5 rings (SSSR count). The van der Waals surface area contributed by atoms with Crippen LogP contribution in [-0.2, 0) is 19.1 Å². The second kappa shape index (κ2) is 7.30. The van der Waals surface area contributed by atoms with Gasteiger partial charge in [0.25, 0.3) is 0 Å². The lowest BCUT2D eigenvalue weighted by Crippen LogP contribution is -2.62. The second-order valence-electron chi connectivity index (χ2n) is 11.8. The van der Waals surface area contributed by atoms with Gasteiger partial charge in [-0.15, -0.1) is 0 Å². The highest BCUT2D eigenvalue weighted by Crippen LogP contribution is 2.63. The summed E-state index contributed by atoms with van der Waals surface area (Å²) >= 11 is 2.10. The van der Waals surface area contributed by atoms with E-state index >= 15 is 0 Å². The topological polar surface area (TPSA) is 76.1 Å². The van der Waals surface area contributed by atoms with E-state index in [4.69, 9.17) is 9.47 Å². The van der Waals surface area contributed by atoms with Gasteiger partial charge in [0.15, 0.2) is 0 Å². The van der Waals surface area contributed by atoms with Gasteiger partial charge >= 0.3 is 11.9 Å². The molecule has 0 spiro atoms. The van der Waals surface area contributed by atoms with Crippen molar-refractivity contribution in [1.82, 2.24) is 5.06 Å². The van der Waals surface area contributed by atoms with Crippen molar-refractivity contribution in [2.45, 2.75) is 113 Å². The van der Waals surface area contributed by atoms with E-state index in [1.807, 2.05) is 34.6 Å². The van der Waals surface area contributed by atoms with Crippen molar-refractivity contribution in [3.05, 3.63) is 0 Å². The van der Waals surface area contributed by atoms with Crippen molar-refractivity contribution in [2.75, 3.05) is 0 Å². The fraction of sp³-hybridized carbons (Fsp3) is 0.913. The van der Waals surface area contributed by atoms with Crippen molar-refractivity contribution in [3.8, 4) is 0 Å². The minimum absolute atomic E-state index is 0.109. The van der Waals surface area contributed by atoms with E-state index in [-0.39, 0.29) is 22.0 Å². The Labute approximate surface area is 193 Å². The predicted molar refractivity (Wildman–Crippen MR) is 120 cm³/mol. The summed E-state index contributed by atoms with van der Waals surface area (Å²) < 4.78 is 12.0. The molecule has 1 saturated heterocycles. The van der Waals surface area contributed by atoms with E-state index in [1.54, 1.807) is 0 Å². The zero-order valence-electron chi connectivity index (χ0n) is 18.9. The molecular weight excluding hydrogens is 497 g/mol. The first-order chi connectivity index (χ1) is 13.8. The molecule has 1 aliphatic heterocycles. The molecule has 170 valence electrons. The average molecular weight is 533 g/mol. The Hall–Kier alpha value is -0.410. The van der Waals surface area contributed by atoms with Gasteiger partial charge in [-0.3, -0.25) is 9.59 Å². The number of carbonyl (C=O) groups excluding carboxylic acids is 2. The van der Waals surface area contributed by atoms with Gasteiger partial charge in [-0.25, -0.2) is 0 Å². The fourth-order valence-electron chi connectivity index (χ4n) is 7.37. The summed E-state index contributed by atoms with van der Waals surface area (Å²) in [4.78, 5) is 26.0. The number of rotatable bonds is 4. The van der Waals surface area contributed by atoms with E-state index in [1.165, 1.54) is 5.06 Å². The Morgan fingerprint density at radius 3 is 2.03 bits per heavy atom. The van der Waals surface area contributed by atoms with Crippen LogP contribution in [0, 0.1) is 17.3 Å². The number of hydroxylamine groups is 2. The van der Waals surface area contributed by atoms with E-state index in [0.717, 1.165) is 32.1 Å². The highest BCUT2D eigenvalue weighted by molar-refractivity contribution is 14.1. The van der Waals surface area contributed by atoms with E-state index in [9.17, 15) is 14.8 Å². The van der Waals surface area contributed by atoms with Crippen molar-refractivity contribution in [2.24, 2.45) is 17.3 Å². The predicted octanol–water partition coefficient (Wildman–Crippen LogP) is 4.65. The third kappa shape index (κ3) is 3.91. The first-order valence-electron chi connectivity index (χ1n) is 11.3. The maximum absolute atomic E-state index is 13.6. The number of piperidine rings is 1. The van der Waals surface area contributed by atoms with E-state index in [2.05, 4.69) is 22.6 Å². The number of alkyl halides is 1. The number of hydrogen-bond acceptors (Lipinski definition) is 6. The molecule has 6 nitrogen and oxygen atoms in total. The van der Waals surface area contributed by atoms with Crippen LogP contribution in [0.3, 0.4) is 0 Å². The van der Waals surface area contributed by atoms with E-state index < -0.39 is 22.1 Å². The molecule has 0 radical (unpaired) electrons. The van der Waals surface area contributed by atoms with Crippen LogP contribution >= 0.6 is 22.6 Å². The maximum Gasteiger partial charge on any atom is 0.319 e. The summed E-state index contributed by atoms with van der Waals surface area (Å²) in [6.45, 7) is 9.79. The Bertz CT molecular complexity index is 701. The summed E-state index contributed by atoms with van der Waals surface area (Å²) in [6, 6.07) is 0. The van der Waals surface area contributed by atoms with Gasteiger partial charge in [0.2, 0.25) is 0 Å². The summed E-state index contributed by atoms with van der Waals surface area (Å²) in [5.74, 6) is 0.592. The normalized spacial score (nSPS) is 40.8. The lowest BCUT2D eigenvalue weighted by Gasteiger charge is -2.60. The summed E-state index contributed by atoms with van der Waals surface area (Å²) in [7, 11) is 0. The largest absolute Gasteiger partial charge is 0.462 e. The number of carbonyl (C=O) groups is 2. The zero-order chi connectivity index (χ0) is 22.1. The Balaban J connectivity index is 1.52. The molecule has 4 saturated carbocycles. The molecule has 4 aliphatic carbocycles. The molecule has 0 aromatic carbocycles. The van der Waals surface area contributed by atoms with Crippen LogP contribution in [0.2, 0.25) is 0 Å². The number of halogens is 1. The van der Waals surface area contributed by atoms with Gasteiger partial charge in [0, 0.05) is 30.3 Å². The SMILES string of the molecule is CC(I)C(=O)OC12CC3CC(C1)CC(C(=O)OC1CC(C)(C)N(O)C(C)(C)C1)(C3)C2. The first kappa shape index (κ1) is 22.8. The van der Waals surface area contributed by atoms with Crippen LogP contribution in [0.4, 0.5) is 0 Å². The average Bonchev–Trinajstić information content (AvgIpc) is 2.57. The fourth-order valence-corrected chi connectivity index (χ4v) is 7.50. The Morgan fingerprint density at radius 1 is 1.00 bits per heavy atom. The zero-order valence-corrected chi connectivity index (χ0v) is 21.0. The van der Waals surface area contributed by atoms with Gasteiger partial charge in [0.05, 0.1) is 5.41 Å². The molecule has 0 aromatic heterocycles. The second-order valence-corrected chi connectivity index (χ2v) is 13.7. The molecule has 0 amide bonds. The van der Waals surface area contributed by atoms with Crippen LogP contribution in [0.25, 0.3) is 0 Å². The molecule has 1 heterocycles. The summed E-state index contributed by atoms with van der Waals surface area (Å²) in [5.41, 5.74) is -1.93. The van der Waals surface area contributed by atoms with Gasteiger partial charge in [-0.2, -0.15) is 5.06 Å². The van der Waals surface area contributed by atoms with Gasteiger partial charge < -0.3 is 14.7 Å². The highest BCUT2D eigenvalue weighted by atomic mass is 127. The summed E-state index contributed by atoms with van der Waals surface area (Å²) in [5, 5.41) is 12.0. The molecule has 5 fully saturated rings. The lowest BCUT2D eigenvalue weighted by atomic mass is 9.48. The van der Waals surface area contributed by atoms with Gasteiger partial charge in [-0.05, 0) is 78.6 Å². The van der Waals surface area contributed by atoms with Crippen LogP contribution in [0.15, 0.2) is 0 Å². The number of esters is 2. The molecule has 4 bridgehead atoms. The molecule has 3 unspecified atom stereocenters. The third-order valence-corrected chi connectivity index (χ3v) is 8.47. The Kier molecular flexibility index (Phi) is 5.54. The number of hydrogen-bond donors (Lipinski definition) is 1. The van der Waals surface area contributed by atoms with Gasteiger partial charge in [-0.1, -0.05) is 22.6 Å². The van der Waals surface area contributed by atoms with Crippen LogP contribution in [-0.4, -0.2) is 48.9 Å². The summed E-state index contributed by atoms with van der Waals surface area (Å²) in [6.07, 6.45) is 6.21. The number of ether oxygens (including phenoxy) is 2. The minimum Gasteiger partial charge on any atom is -0.462 e. The molecule has 3 atom stereocenters. The van der Waals surface area contributed by atoms with Crippen LogP contribution < -0.4 is 0 Å². The van der Waals surface area contributed by atoms with Crippen molar-refractivity contribution in [1.29, 1.82) is 0 Å². The molecule has 1 N–H and O–H groups in total. The molecule has 30 heavy (non-hydrogen) atoms. The number of nitrogens with zero attached hydrogens (tertiary/aromatic N) is 1. The van der Waals surface area contributed by atoms with Crippen LogP contribution in [0.5, 0.6) is 0 Å².